The summed E-state index contributed by atoms with van der Waals surface area (Å²) >= 11 is 1.71. The first-order chi connectivity index (χ1) is 7.79. The van der Waals surface area contributed by atoms with E-state index >= 15 is 0 Å². The molecule has 0 spiro atoms. The van der Waals surface area contributed by atoms with Crippen LogP contribution < -0.4 is 5.32 Å². The van der Waals surface area contributed by atoms with Crippen molar-refractivity contribution in [2.24, 2.45) is 0 Å². The summed E-state index contributed by atoms with van der Waals surface area (Å²) < 4.78 is 0. The minimum Gasteiger partial charge on any atom is -0.325 e. The van der Waals surface area contributed by atoms with E-state index in [0.717, 1.165) is 30.6 Å². The van der Waals surface area contributed by atoms with E-state index in [-0.39, 0.29) is 11.2 Å². The second-order valence-electron chi connectivity index (χ2n) is 3.73. The van der Waals surface area contributed by atoms with E-state index in [0.29, 0.717) is 5.56 Å². The van der Waals surface area contributed by atoms with Crippen LogP contribution in [0.4, 0.5) is 5.69 Å². The molecular formula is C12H13NO2S. The summed E-state index contributed by atoms with van der Waals surface area (Å²) in [7, 11) is 0. The van der Waals surface area contributed by atoms with Crippen molar-refractivity contribution in [1.82, 2.24) is 0 Å². The number of nitrogens with one attached hydrogen (secondary N) is 1. The molecule has 4 heteroatoms. The smallest absolute Gasteiger partial charge is 0.237 e. The van der Waals surface area contributed by atoms with E-state index in [1.807, 2.05) is 0 Å². The molecule has 1 aromatic rings. The normalized spacial score (nSPS) is 19.4. The van der Waals surface area contributed by atoms with E-state index in [2.05, 4.69) is 5.32 Å². The van der Waals surface area contributed by atoms with Crippen LogP contribution in [0.5, 0.6) is 0 Å². The minimum absolute atomic E-state index is 0.0707. The number of amides is 1. The Morgan fingerprint density at radius 1 is 1.38 bits per heavy atom. The first-order valence-electron chi connectivity index (χ1n) is 5.27. The van der Waals surface area contributed by atoms with Gasteiger partial charge in [-0.1, -0.05) is 0 Å². The van der Waals surface area contributed by atoms with Gasteiger partial charge in [0.2, 0.25) is 5.91 Å². The quantitative estimate of drug-likeness (QED) is 0.818. The number of benzene rings is 1. The molecule has 0 aliphatic carbocycles. The highest BCUT2D eigenvalue weighted by molar-refractivity contribution is 8.00. The largest absolute Gasteiger partial charge is 0.325 e. The van der Waals surface area contributed by atoms with Crippen molar-refractivity contribution in [3.8, 4) is 0 Å². The van der Waals surface area contributed by atoms with Crippen LogP contribution in [-0.2, 0) is 4.79 Å². The SMILES string of the molecule is O=Cc1ccc(NC(=O)C2CCCS2)cc1. The monoisotopic (exact) mass is 235 g/mol. The predicted molar refractivity (Wildman–Crippen MR) is 65.9 cm³/mol. The molecule has 1 aliphatic rings. The van der Waals surface area contributed by atoms with Gasteiger partial charge in [0.25, 0.3) is 0 Å². The minimum atomic E-state index is 0.0707. The second-order valence-corrected chi connectivity index (χ2v) is 5.04. The standard InChI is InChI=1S/C12H13NO2S/c14-8-9-3-5-10(6-4-9)13-12(15)11-2-1-7-16-11/h3-6,8,11H,1-2,7H2,(H,13,15). The third-order valence-electron chi connectivity index (χ3n) is 2.54. The van der Waals surface area contributed by atoms with Gasteiger partial charge in [0.1, 0.15) is 6.29 Å². The summed E-state index contributed by atoms with van der Waals surface area (Å²) in [5.41, 5.74) is 1.37. The van der Waals surface area contributed by atoms with Gasteiger partial charge in [-0.25, -0.2) is 0 Å². The van der Waals surface area contributed by atoms with Gasteiger partial charge in [-0.05, 0) is 42.9 Å². The van der Waals surface area contributed by atoms with Crippen molar-refractivity contribution in [3.05, 3.63) is 29.8 Å². The van der Waals surface area contributed by atoms with Gasteiger partial charge in [-0.3, -0.25) is 9.59 Å². The first-order valence-corrected chi connectivity index (χ1v) is 6.32. The van der Waals surface area contributed by atoms with Crippen LogP contribution in [0.15, 0.2) is 24.3 Å². The Balaban J connectivity index is 1.97. The summed E-state index contributed by atoms with van der Waals surface area (Å²) in [5.74, 6) is 1.14. The number of rotatable bonds is 3. The molecule has 16 heavy (non-hydrogen) atoms. The summed E-state index contributed by atoms with van der Waals surface area (Å²) in [6.45, 7) is 0. The topological polar surface area (TPSA) is 46.2 Å². The summed E-state index contributed by atoms with van der Waals surface area (Å²) in [4.78, 5) is 22.2. The molecule has 1 aliphatic heterocycles. The van der Waals surface area contributed by atoms with Gasteiger partial charge in [-0.2, -0.15) is 0 Å². The zero-order valence-electron chi connectivity index (χ0n) is 8.81. The number of thioether (sulfide) groups is 1. The fourth-order valence-corrected chi connectivity index (χ4v) is 2.81. The molecule has 3 nitrogen and oxygen atoms in total. The van der Waals surface area contributed by atoms with Crippen molar-refractivity contribution in [3.63, 3.8) is 0 Å². The lowest BCUT2D eigenvalue weighted by atomic mass is 10.2. The average molecular weight is 235 g/mol. The van der Waals surface area contributed by atoms with Crippen molar-refractivity contribution < 1.29 is 9.59 Å². The van der Waals surface area contributed by atoms with Crippen LogP contribution in [0.1, 0.15) is 23.2 Å². The molecule has 0 saturated carbocycles. The van der Waals surface area contributed by atoms with Crippen molar-refractivity contribution in [2.75, 3.05) is 11.1 Å². The Morgan fingerprint density at radius 2 is 2.12 bits per heavy atom. The second kappa shape index (κ2) is 5.16. The van der Waals surface area contributed by atoms with Crippen LogP contribution in [0, 0.1) is 0 Å². The molecule has 0 aromatic heterocycles. The molecule has 1 unspecified atom stereocenters. The molecule has 84 valence electrons. The van der Waals surface area contributed by atoms with Crippen LogP contribution in [0.25, 0.3) is 0 Å². The van der Waals surface area contributed by atoms with E-state index in [1.165, 1.54) is 0 Å². The lowest BCUT2D eigenvalue weighted by molar-refractivity contribution is -0.115. The maximum atomic E-state index is 11.8. The molecule has 1 amide bonds. The summed E-state index contributed by atoms with van der Waals surface area (Å²) in [6, 6.07) is 6.90. The fraction of sp³-hybridized carbons (Fsp3) is 0.333. The molecule has 1 heterocycles. The third kappa shape index (κ3) is 2.64. The zero-order chi connectivity index (χ0) is 11.4. The van der Waals surface area contributed by atoms with Gasteiger partial charge in [0.15, 0.2) is 0 Å². The van der Waals surface area contributed by atoms with Crippen LogP contribution in [0.2, 0.25) is 0 Å². The molecule has 1 fully saturated rings. The zero-order valence-corrected chi connectivity index (χ0v) is 9.63. The molecule has 1 saturated heterocycles. The van der Waals surface area contributed by atoms with Gasteiger partial charge in [-0.15, -0.1) is 11.8 Å². The number of aldehydes is 1. The van der Waals surface area contributed by atoms with E-state index in [4.69, 9.17) is 0 Å². The van der Waals surface area contributed by atoms with Crippen molar-refractivity contribution in [2.45, 2.75) is 18.1 Å². The van der Waals surface area contributed by atoms with Crippen LogP contribution in [-0.4, -0.2) is 23.2 Å². The molecule has 1 aromatic carbocycles. The van der Waals surface area contributed by atoms with Gasteiger partial charge in [0.05, 0.1) is 5.25 Å². The Labute approximate surface area is 98.6 Å². The van der Waals surface area contributed by atoms with Crippen molar-refractivity contribution >= 4 is 29.6 Å². The molecule has 1 N–H and O–H groups in total. The number of hydrogen-bond acceptors (Lipinski definition) is 3. The maximum absolute atomic E-state index is 11.8. The van der Waals surface area contributed by atoms with Crippen molar-refractivity contribution in [1.29, 1.82) is 0 Å². The van der Waals surface area contributed by atoms with E-state index in [9.17, 15) is 9.59 Å². The van der Waals surface area contributed by atoms with Crippen LogP contribution in [0.3, 0.4) is 0 Å². The Kier molecular flexibility index (Phi) is 3.62. The maximum Gasteiger partial charge on any atom is 0.237 e. The van der Waals surface area contributed by atoms with Gasteiger partial charge < -0.3 is 5.32 Å². The average Bonchev–Trinajstić information content (AvgIpc) is 2.83. The highest BCUT2D eigenvalue weighted by Crippen LogP contribution is 2.27. The summed E-state index contributed by atoms with van der Waals surface area (Å²) in [6.07, 6.45) is 2.87. The third-order valence-corrected chi connectivity index (χ3v) is 3.91. The molecule has 0 radical (unpaired) electrons. The van der Waals surface area contributed by atoms with Crippen LogP contribution >= 0.6 is 11.8 Å². The molecule has 0 bridgehead atoms. The van der Waals surface area contributed by atoms with Gasteiger partial charge in [0, 0.05) is 11.3 Å². The highest BCUT2D eigenvalue weighted by atomic mass is 32.2. The van der Waals surface area contributed by atoms with Gasteiger partial charge >= 0.3 is 0 Å². The lowest BCUT2D eigenvalue weighted by Gasteiger charge is -2.09. The predicted octanol–water partition coefficient (Wildman–Crippen LogP) is 2.33. The lowest BCUT2D eigenvalue weighted by Crippen LogP contribution is -2.22. The van der Waals surface area contributed by atoms with E-state index in [1.54, 1.807) is 36.0 Å². The molecule has 2 rings (SSSR count). The fourth-order valence-electron chi connectivity index (χ4n) is 1.65. The Hall–Kier alpha value is -1.29. The first kappa shape index (κ1) is 11.2. The number of anilines is 1. The summed E-state index contributed by atoms with van der Waals surface area (Å²) in [5, 5.41) is 2.95. The number of carbonyl (C=O) groups excluding carboxylic acids is 2. The number of carbonyl (C=O) groups is 2. The molecular weight excluding hydrogens is 222 g/mol. The Morgan fingerprint density at radius 3 is 2.69 bits per heavy atom. The molecule has 1 atom stereocenters. The highest BCUT2D eigenvalue weighted by Gasteiger charge is 2.23. The van der Waals surface area contributed by atoms with E-state index < -0.39 is 0 Å². The number of hydrogen-bond donors (Lipinski definition) is 1. The Bertz CT molecular complexity index is 383.